The molecule has 0 saturated heterocycles. The number of hydrogen-bond acceptors (Lipinski definition) is 3. The minimum atomic E-state index is 0.854. The second kappa shape index (κ2) is 4.57. The lowest BCUT2D eigenvalue weighted by Gasteiger charge is -2.03. The molecular formula is C10H9BrN2S. The highest BCUT2D eigenvalue weighted by atomic mass is 79.9. The molecule has 1 N–H and O–H groups in total. The first-order valence-corrected chi connectivity index (χ1v) is 5.95. The maximum atomic E-state index is 4.14. The van der Waals surface area contributed by atoms with E-state index in [-0.39, 0.29) is 0 Å². The Morgan fingerprint density at radius 3 is 2.93 bits per heavy atom. The van der Waals surface area contributed by atoms with Crippen LogP contribution >= 0.6 is 27.3 Å². The summed E-state index contributed by atoms with van der Waals surface area (Å²) < 4.78 is 0.860. The van der Waals surface area contributed by atoms with Crippen LogP contribution in [0.3, 0.4) is 0 Å². The Labute approximate surface area is 95.1 Å². The van der Waals surface area contributed by atoms with Gasteiger partial charge < -0.3 is 5.32 Å². The number of anilines is 1. The van der Waals surface area contributed by atoms with E-state index in [0.29, 0.717) is 0 Å². The van der Waals surface area contributed by atoms with Gasteiger partial charge in [0, 0.05) is 6.54 Å². The van der Waals surface area contributed by atoms with Gasteiger partial charge in [0.1, 0.15) is 4.60 Å². The van der Waals surface area contributed by atoms with Crippen LogP contribution < -0.4 is 5.32 Å². The average molecular weight is 269 g/mol. The van der Waals surface area contributed by atoms with Crippen molar-refractivity contribution in [3.63, 3.8) is 0 Å². The zero-order valence-electron chi connectivity index (χ0n) is 7.40. The molecule has 14 heavy (non-hydrogen) atoms. The lowest BCUT2D eigenvalue weighted by Crippen LogP contribution is -1.97. The van der Waals surface area contributed by atoms with E-state index in [1.165, 1.54) is 5.56 Å². The highest BCUT2D eigenvalue weighted by molar-refractivity contribution is 9.10. The molecular weight excluding hydrogens is 260 g/mol. The molecule has 0 aliphatic rings. The molecule has 0 amide bonds. The Kier molecular flexibility index (Phi) is 3.16. The van der Waals surface area contributed by atoms with Gasteiger partial charge in [-0.15, -0.1) is 0 Å². The van der Waals surface area contributed by atoms with Gasteiger partial charge in [-0.3, -0.25) is 0 Å². The summed E-state index contributed by atoms with van der Waals surface area (Å²) in [5.41, 5.74) is 2.34. The van der Waals surface area contributed by atoms with E-state index in [2.05, 4.69) is 43.1 Å². The molecule has 2 aromatic heterocycles. The summed E-state index contributed by atoms with van der Waals surface area (Å²) in [5, 5.41) is 7.52. The second-order valence-electron chi connectivity index (χ2n) is 2.85. The molecule has 0 fully saturated rings. The number of nitrogens with one attached hydrogen (secondary N) is 1. The van der Waals surface area contributed by atoms with E-state index in [4.69, 9.17) is 0 Å². The molecule has 0 aliphatic heterocycles. The smallest absolute Gasteiger partial charge is 0.106 e. The van der Waals surface area contributed by atoms with E-state index in [0.717, 1.165) is 16.8 Å². The van der Waals surface area contributed by atoms with Crippen LogP contribution in [0.1, 0.15) is 5.56 Å². The number of aromatic nitrogens is 1. The molecule has 0 radical (unpaired) electrons. The number of pyridine rings is 1. The molecule has 0 aromatic carbocycles. The van der Waals surface area contributed by atoms with Crippen LogP contribution in [0.2, 0.25) is 0 Å². The van der Waals surface area contributed by atoms with Crippen LogP contribution in [-0.2, 0) is 6.54 Å². The topological polar surface area (TPSA) is 24.9 Å². The van der Waals surface area contributed by atoms with Crippen LogP contribution in [0.15, 0.2) is 39.8 Å². The van der Waals surface area contributed by atoms with E-state index in [1.807, 2.05) is 18.3 Å². The molecule has 0 bridgehead atoms. The van der Waals surface area contributed by atoms with Gasteiger partial charge in [-0.25, -0.2) is 4.98 Å². The average Bonchev–Trinajstić information content (AvgIpc) is 2.70. The fraction of sp³-hybridized carbons (Fsp3) is 0.100. The molecule has 2 heterocycles. The van der Waals surface area contributed by atoms with Gasteiger partial charge in [0.05, 0.1) is 11.9 Å². The molecule has 2 rings (SSSR count). The van der Waals surface area contributed by atoms with Crippen molar-refractivity contribution in [2.24, 2.45) is 0 Å². The van der Waals surface area contributed by atoms with Gasteiger partial charge in [0.25, 0.3) is 0 Å². The summed E-state index contributed by atoms with van der Waals surface area (Å²) in [6.07, 6.45) is 1.82. The first-order valence-electron chi connectivity index (χ1n) is 4.21. The largest absolute Gasteiger partial charge is 0.380 e. The lowest BCUT2D eigenvalue weighted by molar-refractivity contribution is 1.14. The van der Waals surface area contributed by atoms with Gasteiger partial charge in [-0.1, -0.05) is 0 Å². The molecule has 4 heteroatoms. The number of halogens is 1. The molecule has 0 spiro atoms. The van der Waals surface area contributed by atoms with Crippen molar-refractivity contribution in [1.29, 1.82) is 0 Å². The Morgan fingerprint density at radius 1 is 1.36 bits per heavy atom. The number of nitrogens with zero attached hydrogens (tertiary/aromatic N) is 1. The maximum Gasteiger partial charge on any atom is 0.106 e. The van der Waals surface area contributed by atoms with Crippen LogP contribution in [0.4, 0.5) is 5.69 Å². The van der Waals surface area contributed by atoms with Gasteiger partial charge >= 0.3 is 0 Å². The summed E-state index contributed by atoms with van der Waals surface area (Å²) in [5.74, 6) is 0. The van der Waals surface area contributed by atoms with E-state index < -0.39 is 0 Å². The summed E-state index contributed by atoms with van der Waals surface area (Å²) in [6, 6.07) is 6.04. The van der Waals surface area contributed by atoms with E-state index in [1.54, 1.807) is 11.3 Å². The summed E-state index contributed by atoms with van der Waals surface area (Å²) in [4.78, 5) is 4.14. The minimum absolute atomic E-state index is 0.854. The quantitative estimate of drug-likeness (QED) is 0.862. The molecule has 0 aliphatic carbocycles. The monoisotopic (exact) mass is 268 g/mol. The van der Waals surface area contributed by atoms with Crippen LogP contribution in [-0.4, -0.2) is 4.98 Å². The van der Waals surface area contributed by atoms with E-state index >= 15 is 0 Å². The van der Waals surface area contributed by atoms with Crippen molar-refractivity contribution in [3.05, 3.63) is 45.3 Å². The summed E-state index contributed by atoms with van der Waals surface area (Å²) in [6.45, 7) is 0.854. The molecule has 0 saturated carbocycles. The minimum Gasteiger partial charge on any atom is -0.380 e. The fourth-order valence-electron chi connectivity index (χ4n) is 1.08. The zero-order chi connectivity index (χ0) is 9.80. The first-order chi connectivity index (χ1) is 6.84. The van der Waals surface area contributed by atoms with Gasteiger partial charge in [-0.05, 0) is 50.5 Å². The third-order valence-corrected chi connectivity index (χ3v) is 3.01. The Hall–Kier alpha value is -0.870. The number of hydrogen-bond donors (Lipinski definition) is 1. The molecule has 72 valence electrons. The molecule has 0 atom stereocenters. The Morgan fingerprint density at radius 2 is 2.29 bits per heavy atom. The molecule has 2 nitrogen and oxygen atoms in total. The number of rotatable bonds is 3. The van der Waals surface area contributed by atoms with Crippen molar-refractivity contribution in [2.45, 2.75) is 6.54 Å². The van der Waals surface area contributed by atoms with Crippen LogP contribution in [0.5, 0.6) is 0 Å². The van der Waals surface area contributed by atoms with Crippen molar-refractivity contribution in [3.8, 4) is 0 Å². The predicted molar refractivity (Wildman–Crippen MR) is 63.6 cm³/mol. The van der Waals surface area contributed by atoms with Crippen molar-refractivity contribution in [2.75, 3.05) is 5.32 Å². The third-order valence-electron chi connectivity index (χ3n) is 1.80. The molecule has 2 aromatic rings. The van der Waals surface area contributed by atoms with E-state index in [9.17, 15) is 0 Å². The van der Waals surface area contributed by atoms with Gasteiger partial charge in [0.15, 0.2) is 0 Å². The number of thiophene rings is 1. The standard InChI is InChI=1S/C10H9BrN2S/c11-10-2-1-9(6-13-10)12-5-8-3-4-14-7-8/h1-4,6-7,12H,5H2. The Balaban J connectivity index is 1.95. The normalized spacial score (nSPS) is 10.1. The zero-order valence-corrected chi connectivity index (χ0v) is 9.81. The van der Waals surface area contributed by atoms with Crippen LogP contribution in [0, 0.1) is 0 Å². The van der Waals surface area contributed by atoms with Crippen LogP contribution in [0.25, 0.3) is 0 Å². The fourth-order valence-corrected chi connectivity index (χ4v) is 1.98. The molecule has 0 unspecified atom stereocenters. The lowest BCUT2D eigenvalue weighted by atomic mass is 10.3. The third kappa shape index (κ3) is 2.56. The summed E-state index contributed by atoms with van der Waals surface area (Å²) >= 11 is 5.01. The highest BCUT2D eigenvalue weighted by Crippen LogP contribution is 2.12. The van der Waals surface area contributed by atoms with Gasteiger partial charge in [-0.2, -0.15) is 11.3 Å². The van der Waals surface area contributed by atoms with Crippen molar-refractivity contribution in [1.82, 2.24) is 4.98 Å². The Bertz CT molecular complexity index is 383. The second-order valence-corrected chi connectivity index (χ2v) is 4.45. The van der Waals surface area contributed by atoms with Gasteiger partial charge in [0.2, 0.25) is 0 Å². The van der Waals surface area contributed by atoms with Crippen molar-refractivity contribution >= 4 is 33.0 Å². The maximum absolute atomic E-state index is 4.14. The predicted octanol–water partition coefficient (Wildman–Crippen LogP) is 3.52. The summed E-state index contributed by atoms with van der Waals surface area (Å²) in [7, 11) is 0. The SMILES string of the molecule is Brc1ccc(NCc2ccsc2)cn1. The first kappa shape index (κ1) is 9.68. The van der Waals surface area contributed by atoms with Crippen molar-refractivity contribution < 1.29 is 0 Å². The highest BCUT2D eigenvalue weighted by Gasteiger charge is 1.94.